The Morgan fingerprint density at radius 3 is 2.80 bits per heavy atom. The maximum Gasteiger partial charge on any atom is 0.240 e. The second-order valence-electron chi connectivity index (χ2n) is 4.23. The zero-order valence-electron chi connectivity index (χ0n) is 10.7. The zero-order valence-corrected chi connectivity index (χ0v) is 11.5. The number of nitrogens with zero attached hydrogens (tertiary/aromatic N) is 1. The van der Waals surface area contributed by atoms with Crippen LogP contribution in [0.3, 0.4) is 0 Å². The van der Waals surface area contributed by atoms with E-state index in [1.54, 1.807) is 6.20 Å². The van der Waals surface area contributed by atoms with E-state index in [0.717, 1.165) is 6.07 Å². The van der Waals surface area contributed by atoms with Crippen LogP contribution in [0, 0.1) is 12.7 Å². The molecule has 2 rings (SSSR count). The standard InChI is InChI=1S/C12H14FN3O3S/c1-8-4-10(5-9(7-17)12(8)13)20(18,19)16-6-11-14-2-3-15-11/h2-5,16-17H,6-7H2,1H3,(H,14,15). The number of aliphatic hydroxyl groups excluding tert-OH is 1. The lowest BCUT2D eigenvalue weighted by Gasteiger charge is -2.09. The molecule has 20 heavy (non-hydrogen) atoms. The number of benzene rings is 1. The number of sulfonamides is 1. The summed E-state index contributed by atoms with van der Waals surface area (Å²) in [6.07, 6.45) is 3.09. The van der Waals surface area contributed by atoms with Crippen molar-refractivity contribution in [3.8, 4) is 0 Å². The first-order valence-electron chi connectivity index (χ1n) is 5.82. The lowest BCUT2D eigenvalue weighted by Crippen LogP contribution is -2.24. The third-order valence-corrected chi connectivity index (χ3v) is 4.15. The monoisotopic (exact) mass is 299 g/mol. The van der Waals surface area contributed by atoms with Crippen LogP contribution in [0.4, 0.5) is 4.39 Å². The fraction of sp³-hybridized carbons (Fsp3) is 0.250. The highest BCUT2D eigenvalue weighted by Crippen LogP contribution is 2.19. The van der Waals surface area contributed by atoms with Crippen LogP contribution in [0.5, 0.6) is 0 Å². The van der Waals surface area contributed by atoms with Gasteiger partial charge in [0.15, 0.2) is 0 Å². The minimum Gasteiger partial charge on any atom is -0.392 e. The molecule has 0 saturated carbocycles. The van der Waals surface area contributed by atoms with Crippen molar-refractivity contribution in [3.63, 3.8) is 0 Å². The molecule has 6 nitrogen and oxygen atoms in total. The number of nitrogens with one attached hydrogen (secondary N) is 2. The third kappa shape index (κ3) is 3.03. The van der Waals surface area contributed by atoms with Crippen LogP contribution in [0.1, 0.15) is 17.0 Å². The van der Waals surface area contributed by atoms with Crippen LogP contribution in [-0.2, 0) is 23.2 Å². The topological polar surface area (TPSA) is 95.1 Å². The summed E-state index contributed by atoms with van der Waals surface area (Å²) in [5.74, 6) is -0.132. The van der Waals surface area contributed by atoms with Gasteiger partial charge in [-0.2, -0.15) is 0 Å². The van der Waals surface area contributed by atoms with Crippen molar-refractivity contribution in [2.75, 3.05) is 0 Å². The highest BCUT2D eigenvalue weighted by molar-refractivity contribution is 7.89. The number of imidazole rings is 1. The molecule has 0 saturated heterocycles. The summed E-state index contributed by atoms with van der Waals surface area (Å²) in [5.41, 5.74) is 0.110. The van der Waals surface area contributed by atoms with Gasteiger partial charge in [-0.15, -0.1) is 0 Å². The molecule has 1 aromatic carbocycles. The second kappa shape index (κ2) is 5.70. The number of hydrogen-bond donors (Lipinski definition) is 3. The van der Waals surface area contributed by atoms with E-state index >= 15 is 0 Å². The Morgan fingerprint density at radius 2 is 2.20 bits per heavy atom. The number of aromatic nitrogens is 2. The van der Waals surface area contributed by atoms with Crippen LogP contribution in [-0.4, -0.2) is 23.5 Å². The maximum atomic E-state index is 13.6. The largest absolute Gasteiger partial charge is 0.392 e. The molecule has 108 valence electrons. The number of aromatic amines is 1. The highest BCUT2D eigenvalue weighted by Gasteiger charge is 2.18. The van der Waals surface area contributed by atoms with Crippen molar-refractivity contribution >= 4 is 10.0 Å². The lowest BCUT2D eigenvalue weighted by molar-refractivity contribution is 0.275. The quantitative estimate of drug-likeness (QED) is 0.762. The first kappa shape index (κ1) is 14.6. The van der Waals surface area contributed by atoms with Crippen molar-refractivity contribution in [2.45, 2.75) is 25.0 Å². The Labute approximate surface area is 115 Å². The molecule has 0 bridgehead atoms. The molecule has 0 atom stereocenters. The molecule has 1 heterocycles. The Bertz CT molecular complexity index is 699. The van der Waals surface area contributed by atoms with Gasteiger partial charge in [-0.3, -0.25) is 0 Å². The summed E-state index contributed by atoms with van der Waals surface area (Å²) in [7, 11) is -3.80. The molecule has 8 heteroatoms. The van der Waals surface area contributed by atoms with Crippen molar-refractivity contribution in [1.82, 2.24) is 14.7 Å². The van der Waals surface area contributed by atoms with Crippen molar-refractivity contribution in [2.24, 2.45) is 0 Å². The first-order chi connectivity index (χ1) is 9.44. The number of aliphatic hydroxyl groups is 1. The predicted molar refractivity (Wildman–Crippen MR) is 69.7 cm³/mol. The summed E-state index contributed by atoms with van der Waals surface area (Å²) in [6.45, 7) is 0.883. The van der Waals surface area contributed by atoms with Crippen molar-refractivity contribution < 1.29 is 17.9 Å². The first-order valence-corrected chi connectivity index (χ1v) is 7.30. The fourth-order valence-electron chi connectivity index (χ4n) is 1.72. The smallest absolute Gasteiger partial charge is 0.240 e. The highest BCUT2D eigenvalue weighted by atomic mass is 32.2. The van der Waals surface area contributed by atoms with E-state index in [4.69, 9.17) is 5.11 Å². The second-order valence-corrected chi connectivity index (χ2v) is 6.00. The Kier molecular flexibility index (Phi) is 4.17. The number of H-pyrrole nitrogens is 1. The van der Waals surface area contributed by atoms with Gasteiger partial charge < -0.3 is 10.1 Å². The number of aryl methyl sites for hydroxylation is 1. The van der Waals surface area contributed by atoms with Gasteiger partial charge in [-0.1, -0.05) is 0 Å². The van der Waals surface area contributed by atoms with Gasteiger partial charge in [0.05, 0.1) is 18.0 Å². The normalized spacial score (nSPS) is 11.8. The molecule has 0 unspecified atom stereocenters. The summed E-state index contributed by atoms with van der Waals surface area (Å²) in [4.78, 5) is 6.57. The van der Waals surface area contributed by atoms with Crippen molar-refractivity contribution in [1.29, 1.82) is 0 Å². The zero-order chi connectivity index (χ0) is 14.8. The van der Waals surface area contributed by atoms with Crippen LogP contribution in [0.15, 0.2) is 29.4 Å². The molecule has 0 aliphatic rings. The lowest BCUT2D eigenvalue weighted by atomic mass is 10.1. The number of halogens is 1. The minimum absolute atomic E-state index is 0.000214. The fourth-order valence-corrected chi connectivity index (χ4v) is 2.84. The van der Waals surface area contributed by atoms with E-state index in [1.165, 1.54) is 19.2 Å². The molecule has 3 N–H and O–H groups in total. The summed E-state index contributed by atoms with van der Waals surface area (Å²) >= 11 is 0. The van der Waals surface area contributed by atoms with E-state index < -0.39 is 22.4 Å². The van der Waals surface area contributed by atoms with E-state index in [-0.39, 0.29) is 22.6 Å². The van der Waals surface area contributed by atoms with Gasteiger partial charge in [-0.25, -0.2) is 22.5 Å². The average Bonchev–Trinajstić information content (AvgIpc) is 2.92. The number of hydrogen-bond acceptors (Lipinski definition) is 4. The molecule has 1 aromatic heterocycles. The minimum atomic E-state index is -3.80. The van der Waals surface area contributed by atoms with E-state index in [9.17, 15) is 12.8 Å². The van der Waals surface area contributed by atoms with E-state index in [1.807, 2.05) is 0 Å². The SMILES string of the molecule is Cc1cc(S(=O)(=O)NCc2ncc[nH]2)cc(CO)c1F. The molecular weight excluding hydrogens is 285 g/mol. The van der Waals surface area contributed by atoms with E-state index in [0.29, 0.717) is 5.82 Å². The van der Waals surface area contributed by atoms with Gasteiger partial charge in [0.25, 0.3) is 0 Å². The molecule has 2 aromatic rings. The van der Waals surface area contributed by atoms with Crippen LogP contribution in [0.2, 0.25) is 0 Å². The Balaban J connectivity index is 2.27. The molecule has 0 aliphatic heterocycles. The van der Waals surface area contributed by atoms with Crippen LogP contribution in [0.25, 0.3) is 0 Å². The predicted octanol–water partition coefficient (Wildman–Crippen LogP) is 0.828. The Morgan fingerprint density at radius 1 is 1.45 bits per heavy atom. The van der Waals surface area contributed by atoms with Crippen molar-refractivity contribution in [3.05, 3.63) is 47.3 Å². The van der Waals surface area contributed by atoms with Gasteiger partial charge >= 0.3 is 0 Å². The van der Waals surface area contributed by atoms with Gasteiger partial charge in [0.2, 0.25) is 10.0 Å². The Hall–Kier alpha value is -1.77. The summed E-state index contributed by atoms with van der Waals surface area (Å²) in [6, 6.07) is 2.34. The maximum absolute atomic E-state index is 13.6. The van der Waals surface area contributed by atoms with E-state index in [2.05, 4.69) is 14.7 Å². The summed E-state index contributed by atoms with van der Waals surface area (Å²) in [5, 5.41) is 9.04. The average molecular weight is 299 g/mol. The van der Waals surface area contributed by atoms with Crippen LogP contribution >= 0.6 is 0 Å². The molecule has 0 aliphatic carbocycles. The molecule has 0 spiro atoms. The molecule has 0 fully saturated rings. The molecule has 0 radical (unpaired) electrons. The van der Waals surface area contributed by atoms with Gasteiger partial charge in [-0.05, 0) is 24.6 Å². The van der Waals surface area contributed by atoms with Crippen LogP contribution < -0.4 is 4.72 Å². The number of rotatable bonds is 5. The third-order valence-electron chi connectivity index (χ3n) is 2.77. The van der Waals surface area contributed by atoms with Gasteiger partial charge in [0.1, 0.15) is 11.6 Å². The molecule has 0 amide bonds. The molecular formula is C12H14FN3O3S. The van der Waals surface area contributed by atoms with Gasteiger partial charge in [0, 0.05) is 18.0 Å². The summed E-state index contributed by atoms with van der Waals surface area (Å²) < 4.78 is 40.1.